The maximum absolute atomic E-state index is 13.9. The van der Waals surface area contributed by atoms with Gasteiger partial charge in [0.05, 0.1) is 10.4 Å². The van der Waals surface area contributed by atoms with Gasteiger partial charge in [0.15, 0.2) is 5.82 Å². The van der Waals surface area contributed by atoms with Crippen molar-refractivity contribution in [2.75, 3.05) is 13.1 Å². The van der Waals surface area contributed by atoms with Crippen molar-refractivity contribution in [3.05, 3.63) is 65.9 Å². The van der Waals surface area contributed by atoms with Crippen LogP contribution in [0.3, 0.4) is 0 Å². The fourth-order valence-electron chi connectivity index (χ4n) is 3.89. The molecule has 1 saturated heterocycles. The van der Waals surface area contributed by atoms with Gasteiger partial charge < -0.3 is 9.64 Å². The van der Waals surface area contributed by atoms with E-state index in [1.165, 1.54) is 6.07 Å². The molecule has 164 valence electrons. The summed E-state index contributed by atoms with van der Waals surface area (Å²) in [5.74, 6) is -1.40. The number of likely N-dealkylation sites (tertiary alicyclic amines) is 1. The van der Waals surface area contributed by atoms with Crippen molar-refractivity contribution >= 4 is 27.5 Å². The minimum Gasteiger partial charge on any atom is -0.467 e. The van der Waals surface area contributed by atoms with Crippen LogP contribution < -0.4 is 4.74 Å². The van der Waals surface area contributed by atoms with Gasteiger partial charge in [-0.1, -0.05) is 41.7 Å². The summed E-state index contributed by atoms with van der Waals surface area (Å²) >= 11 is 1.12. The minimum absolute atomic E-state index is 0.0711. The first-order chi connectivity index (χ1) is 15.5. The highest BCUT2D eigenvalue weighted by Gasteiger charge is 2.27. The van der Waals surface area contributed by atoms with Gasteiger partial charge in [-0.25, -0.2) is 8.78 Å². The van der Waals surface area contributed by atoms with Crippen molar-refractivity contribution in [3.8, 4) is 16.5 Å². The number of thiazole rings is 1. The first-order valence-corrected chi connectivity index (χ1v) is 11.1. The zero-order chi connectivity index (χ0) is 22.2. The first kappa shape index (κ1) is 20.6. The highest BCUT2D eigenvalue weighted by Crippen LogP contribution is 2.32. The zero-order valence-electron chi connectivity index (χ0n) is 17.3. The summed E-state index contributed by atoms with van der Waals surface area (Å²) < 4.78 is 35.2. The fourth-order valence-corrected chi connectivity index (χ4v) is 4.81. The van der Waals surface area contributed by atoms with E-state index in [2.05, 4.69) is 10.1 Å². The number of rotatable bonds is 4. The number of carbonyl (C=O) groups is 1. The molecule has 0 atom stereocenters. The maximum Gasteiger partial charge on any atom is 0.274 e. The minimum atomic E-state index is -0.697. The van der Waals surface area contributed by atoms with Gasteiger partial charge in [-0.15, -0.1) is 0 Å². The number of aryl methyl sites for hydroxylation is 1. The summed E-state index contributed by atoms with van der Waals surface area (Å²) in [5, 5.41) is 4.80. The Kier molecular flexibility index (Phi) is 5.34. The summed E-state index contributed by atoms with van der Waals surface area (Å²) in [6.07, 6.45) is 1.11. The molecule has 0 bridgehead atoms. The van der Waals surface area contributed by atoms with Gasteiger partial charge in [0.2, 0.25) is 0 Å². The SMILES string of the molecule is Cn1nc(-c2ccccc2)cc1C(=O)N1CCC(Oc2nc3c(F)cc(F)cc3s2)CC1. The highest BCUT2D eigenvalue weighted by atomic mass is 32.1. The number of ether oxygens (including phenoxy) is 1. The molecule has 1 fully saturated rings. The number of amides is 1. The molecule has 0 aliphatic carbocycles. The number of benzene rings is 2. The predicted molar refractivity (Wildman–Crippen MR) is 118 cm³/mol. The standard InChI is InChI=1S/C23H20F2N4O2S/c1-28-19(13-18(27-28)14-5-3-2-4-6-14)22(30)29-9-7-16(8-10-29)31-23-26-21-17(25)11-15(24)12-20(21)32-23/h2-6,11-13,16H,7-10H2,1H3. The summed E-state index contributed by atoms with van der Waals surface area (Å²) in [6.45, 7) is 1.06. The average molecular weight is 455 g/mol. The Morgan fingerprint density at radius 2 is 1.88 bits per heavy atom. The quantitative estimate of drug-likeness (QED) is 0.450. The van der Waals surface area contributed by atoms with Gasteiger partial charge in [-0.05, 0) is 12.1 Å². The molecule has 5 rings (SSSR count). The number of halogens is 2. The lowest BCUT2D eigenvalue weighted by Gasteiger charge is -2.31. The van der Waals surface area contributed by atoms with E-state index >= 15 is 0 Å². The predicted octanol–water partition coefficient (Wildman–Crippen LogP) is 4.66. The molecule has 6 nitrogen and oxygen atoms in total. The third-order valence-electron chi connectivity index (χ3n) is 5.56. The summed E-state index contributed by atoms with van der Waals surface area (Å²) in [4.78, 5) is 19.0. The van der Waals surface area contributed by atoms with Crippen LogP contribution in [0.15, 0.2) is 48.5 Å². The van der Waals surface area contributed by atoms with E-state index in [1.54, 1.807) is 16.6 Å². The van der Waals surface area contributed by atoms with Gasteiger partial charge in [0.1, 0.15) is 23.1 Å². The van der Waals surface area contributed by atoms with E-state index < -0.39 is 11.6 Å². The van der Waals surface area contributed by atoms with E-state index in [9.17, 15) is 13.6 Å². The van der Waals surface area contributed by atoms with Crippen LogP contribution in [0.1, 0.15) is 23.3 Å². The van der Waals surface area contributed by atoms with Crippen molar-refractivity contribution in [2.45, 2.75) is 18.9 Å². The molecule has 0 saturated carbocycles. The van der Waals surface area contributed by atoms with Crippen LogP contribution in [-0.2, 0) is 7.05 Å². The Balaban J connectivity index is 1.24. The molecule has 2 aromatic heterocycles. The lowest BCUT2D eigenvalue weighted by atomic mass is 10.1. The van der Waals surface area contributed by atoms with E-state index in [0.29, 0.717) is 41.5 Å². The van der Waals surface area contributed by atoms with Crippen LogP contribution in [-0.4, -0.2) is 44.8 Å². The van der Waals surface area contributed by atoms with E-state index in [-0.39, 0.29) is 17.5 Å². The second-order valence-electron chi connectivity index (χ2n) is 7.73. The smallest absolute Gasteiger partial charge is 0.274 e. The topological polar surface area (TPSA) is 60.2 Å². The summed E-state index contributed by atoms with van der Waals surface area (Å²) in [5.41, 5.74) is 2.37. The van der Waals surface area contributed by atoms with Crippen LogP contribution >= 0.6 is 11.3 Å². The lowest BCUT2D eigenvalue weighted by molar-refractivity contribution is 0.0585. The zero-order valence-corrected chi connectivity index (χ0v) is 18.1. The molecule has 2 aromatic carbocycles. The van der Waals surface area contributed by atoms with Crippen molar-refractivity contribution in [3.63, 3.8) is 0 Å². The first-order valence-electron chi connectivity index (χ1n) is 10.3. The monoisotopic (exact) mass is 454 g/mol. The number of fused-ring (bicyclic) bond motifs is 1. The molecule has 9 heteroatoms. The normalized spacial score (nSPS) is 14.8. The lowest BCUT2D eigenvalue weighted by Crippen LogP contribution is -2.42. The molecule has 1 aliphatic rings. The number of piperidine rings is 1. The van der Waals surface area contributed by atoms with Gasteiger partial charge in [-0.3, -0.25) is 9.48 Å². The Morgan fingerprint density at radius 3 is 2.62 bits per heavy atom. The molecule has 4 aromatic rings. The Bertz CT molecular complexity index is 1280. The molecular weight excluding hydrogens is 434 g/mol. The number of carbonyl (C=O) groups excluding carboxylic acids is 1. The number of nitrogens with zero attached hydrogens (tertiary/aromatic N) is 4. The molecule has 3 heterocycles. The van der Waals surface area contributed by atoms with Crippen LogP contribution in [0.5, 0.6) is 5.19 Å². The van der Waals surface area contributed by atoms with Crippen LogP contribution in [0.25, 0.3) is 21.5 Å². The second kappa shape index (κ2) is 8.31. The molecule has 1 aliphatic heterocycles. The maximum atomic E-state index is 13.9. The molecule has 1 amide bonds. The molecule has 32 heavy (non-hydrogen) atoms. The third-order valence-corrected chi connectivity index (χ3v) is 6.45. The largest absolute Gasteiger partial charge is 0.467 e. The van der Waals surface area contributed by atoms with Crippen molar-refractivity contribution in [1.29, 1.82) is 0 Å². The Labute approximate surface area is 187 Å². The van der Waals surface area contributed by atoms with Crippen LogP contribution in [0, 0.1) is 11.6 Å². The summed E-state index contributed by atoms with van der Waals surface area (Å²) in [7, 11) is 1.77. The van der Waals surface area contributed by atoms with Gasteiger partial charge in [0, 0.05) is 44.6 Å². The molecule has 0 spiro atoms. The summed E-state index contributed by atoms with van der Waals surface area (Å²) in [6, 6.07) is 13.6. The number of aromatic nitrogens is 3. The molecule has 0 radical (unpaired) electrons. The molecular formula is C23H20F2N4O2S. The number of hydrogen-bond donors (Lipinski definition) is 0. The highest BCUT2D eigenvalue weighted by molar-refractivity contribution is 7.20. The van der Waals surface area contributed by atoms with Crippen molar-refractivity contribution in [1.82, 2.24) is 19.7 Å². The third kappa shape index (κ3) is 3.95. The van der Waals surface area contributed by atoms with Crippen LogP contribution in [0.4, 0.5) is 8.78 Å². The average Bonchev–Trinajstić information content (AvgIpc) is 3.37. The van der Waals surface area contributed by atoms with Crippen LogP contribution in [0.2, 0.25) is 0 Å². The second-order valence-corrected chi connectivity index (χ2v) is 8.72. The van der Waals surface area contributed by atoms with Gasteiger partial charge in [-0.2, -0.15) is 10.1 Å². The van der Waals surface area contributed by atoms with Gasteiger partial charge >= 0.3 is 0 Å². The Hall–Kier alpha value is -3.33. The van der Waals surface area contributed by atoms with E-state index in [1.807, 2.05) is 36.4 Å². The molecule has 0 unspecified atom stereocenters. The van der Waals surface area contributed by atoms with E-state index in [4.69, 9.17) is 4.74 Å². The number of hydrogen-bond acceptors (Lipinski definition) is 5. The van der Waals surface area contributed by atoms with Gasteiger partial charge in [0.25, 0.3) is 11.1 Å². The fraction of sp³-hybridized carbons (Fsp3) is 0.261. The van der Waals surface area contributed by atoms with E-state index in [0.717, 1.165) is 28.7 Å². The molecule has 0 N–H and O–H groups in total. The Morgan fingerprint density at radius 1 is 1.12 bits per heavy atom. The van der Waals surface area contributed by atoms with Crippen molar-refractivity contribution < 1.29 is 18.3 Å². The van der Waals surface area contributed by atoms with Crippen molar-refractivity contribution in [2.24, 2.45) is 7.05 Å².